The molecule has 0 aliphatic rings. The largest absolute Gasteiger partial charge is 0.305 e. The van der Waals surface area contributed by atoms with Crippen molar-refractivity contribution in [3.8, 4) is 0 Å². The van der Waals surface area contributed by atoms with Gasteiger partial charge in [0.25, 0.3) is 0 Å². The third-order valence-corrected chi connectivity index (χ3v) is 3.40. The van der Waals surface area contributed by atoms with E-state index in [-0.39, 0.29) is 6.04 Å². The molecular weight excluding hydrogens is 230 g/mol. The van der Waals surface area contributed by atoms with Gasteiger partial charge in [0, 0.05) is 0 Å². The minimum atomic E-state index is 0.218. The van der Waals surface area contributed by atoms with E-state index >= 15 is 0 Å². The smallest absolute Gasteiger partial charge is 0.0703 e. The van der Waals surface area contributed by atoms with Crippen LogP contribution >= 0.6 is 11.5 Å². The molecule has 90 valence electrons. The molecule has 3 nitrogen and oxygen atoms in total. The zero-order chi connectivity index (χ0) is 12.1. The lowest BCUT2D eigenvalue weighted by Crippen LogP contribution is -2.22. The average Bonchev–Trinajstić information content (AvgIpc) is 2.85. The monoisotopic (exact) mass is 247 g/mol. The van der Waals surface area contributed by atoms with Gasteiger partial charge in [0.2, 0.25) is 0 Å². The van der Waals surface area contributed by atoms with Crippen LogP contribution < -0.4 is 5.32 Å². The summed E-state index contributed by atoms with van der Waals surface area (Å²) >= 11 is 1.46. The van der Waals surface area contributed by atoms with E-state index in [0.717, 1.165) is 13.0 Å². The number of rotatable bonds is 5. The van der Waals surface area contributed by atoms with E-state index in [1.54, 1.807) is 0 Å². The van der Waals surface area contributed by atoms with Crippen molar-refractivity contribution in [2.24, 2.45) is 0 Å². The number of nitrogens with one attached hydrogen (secondary N) is 1. The zero-order valence-electron chi connectivity index (χ0n) is 10.2. The molecule has 0 saturated carbocycles. The number of aryl methyl sites for hydroxylation is 1. The van der Waals surface area contributed by atoms with Crippen molar-refractivity contribution in [1.29, 1.82) is 0 Å². The first-order chi connectivity index (χ1) is 8.31. The number of hydrogen-bond donors (Lipinski definition) is 1. The normalized spacial score (nSPS) is 12.6. The molecule has 0 bridgehead atoms. The summed E-state index contributed by atoms with van der Waals surface area (Å²) in [6, 6.07) is 8.84. The molecule has 4 heteroatoms. The molecule has 0 fully saturated rings. The van der Waals surface area contributed by atoms with Gasteiger partial charge >= 0.3 is 0 Å². The van der Waals surface area contributed by atoms with E-state index in [9.17, 15) is 0 Å². The lowest BCUT2D eigenvalue weighted by Gasteiger charge is -2.16. The lowest BCUT2D eigenvalue weighted by atomic mass is 10.0. The van der Waals surface area contributed by atoms with Crippen LogP contribution in [0.1, 0.15) is 35.4 Å². The predicted molar refractivity (Wildman–Crippen MR) is 71.2 cm³/mol. The van der Waals surface area contributed by atoms with Crippen LogP contribution in [0.15, 0.2) is 30.5 Å². The lowest BCUT2D eigenvalue weighted by molar-refractivity contribution is 0.605. The van der Waals surface area contributed by atoms with E-state index in [1.807, 2.05) is 6.20 Å². The molecule has 1 aromatic heterocycles. The molecule has 0 amide bonds. The summed E-state index contributed by atoms with van der Waals surface area (Å²) in [4.78, 5) is 1.17. The van der Waals surface area contributed by atoms with Crippen LogP contribution in [-0.4, -0.2) is 16.1 Å². The van der Waals surface area contributed by atoms with Crippen molar-refractivity contribution in [2.45, 2.75) is 26.3 Å². The Balaban J connectivity index is 2.23. The minimum Gasteiger partial charge on any atom is -0.305 e. The van der Waals surface area contributed by atoms with Gasteiger partial charge < -0.3 is 5.32 Å². The quantitative estimate of drug-likeness (QED) is 0.882. The maximum Gasteiger partial charge on any atom is 0.0703 e. The third-order valence-electron chi connectivity index (χ3n) is 2.67. The Morgan fingerprint density at radius 2 is 2.06 bits per heavy atom. The number of nitrogens with zero attached hydrogens (tertiary/aromatic N) is 2. The average molecular weight is 247 g/mol. The van der Waals surface area contributed by atoms with Gasteiger partial charge in [-0.25, -0.2) is 0 Å². The summed E-state index contributed by atoms with van der Waals surface area (Å²) in [7, 11) is 0. The van der Waals surface area contributed by atoms with Crippen LogP contribution in [-0.2, 0) is 0 Å². The highest BCUT2D eigenvalue weighted by atomic mass is 32.1. The summed E-state index contributed by atoms with van der Waals surface area (Å²) in [5.74, 6) is 0. The van der Waals surface area contributed by atoms with Gasteiger partial charge in [-0.15, -0.1) is 5.10 Å². The first kappa shape index (κ1) is 12.2. The third kappa shape index (κ3) is 3.11. The molecule has 1 unspecified atom stereocenters. The number of benzene rings is 1. The van der Waals surface area contributed by atoms with Crippen molar-refractivity contribution < 1.29 is 0 Å². The summed E-state index contributed by atoms with van der Waals surface area (Å²) in [5.41, 5.74) is 2.56. The molecule has 2 rings (SSSR count). The Hall–Kier alpha value is -1.26. The van der Waals surface area contributed by atoms with Gasteiger partial charge in [-0.1, -0.05) is 41.2 Å². The Labute approximate surface area is 106 Å². The van der Waals surface area contributed by atoms with Crippen LogP contribution in [0.3, 0.4) is 0 Å². The van der Waals surface area contributed by atoms with Crippen molar-refractivity contribution >= 4 is 11.5 Å². The molecule has 1 N–H and O–H groups in total. The SMILES string of the molecule is CCCNC(c1ccc(C)cc1)c1cnns1. The fourth-order valence-electron chi connectivity index (χ4n) is 1.73. The van der Waals surface area contributed by atoms with E-state index in [2.05, 4.69) is 53.0 Å². The standard InChI is InChI=1S/C13H17N3S/c1-3-8-14-13(12-9-15-16-17-12)11-6-4-10(2)5-7-11/h4-7,9,13-14H,3,8H2,1-2H3. The minimum absolute atomic E-state index is 0.218. The van der Waals surface area contributed by atoms with E-state index < -0.39 is 0 Å². The van der Waals surface area contributed by atoms with Gasteiger partial charge in [-0.2, -0.15) is 0 Å². The predicted octanol–water partition coefficient (Wildman–Crippen LogP) is 2.94. The molecule has 2 aromatic rings. The Kier molecular flexibility index (Phi) is 4.23. The Morgan fingerprint density at radius 1 is 1.29 bits per heavy atom. The Bertz CT molecular complexity index is 436. The molecule has 1 heterocycles. The second-order valence-corrected chi connectivity index (χ2v) is 4.93. The maximum atomic E-state index is 3.95. The molecule has 0 spiro atoms. The molecule has 1 aromatic carbocycles. The van der Waals surface area contributed by atoms with Crippen LogP contribution in [0.2, 0.25) is 0 Å². The Morgan fingerprint density at radius 3 is 2.65 bits per heavy atom. The highest BCUT2D eigenvalue weighted by molar-refractivity contribution is 7.05. The second-order valence-electron chi connectivity index (χ2n) is 4.12. The molecular formula is C13H17N3S. The van der Waals surface area contributed by atoms with Crippen molar-refractivity contribution in [3.05, 3.63) is 46.5 Å². The van der Waals surface area contributed by atoms with E-state index in [1.165, 1.54) is 27.5 Å². The topological polar surface area (TPSA) is 37.8 Å². The van der Waals surface area contributed by atoms with Gasteiger partial charge in [0.1, 0.15) is 0 Å². The molecule has 0 saturated heterocycles. The van der Waals surface area contributed by atoms with Gasteiger partial charge in [-0.05, 0) is 37.0 Å². The van der Waals surface area contributed by atoms with Crippen LogP contribution in [0, 0.1) is 6.92 Å². The van der Waals surface area contributed by atoms with Gasteiger partial charge in [0.05, 0.1) is 17.1 Å². The molecule has 0 aliphatic heterocycles. The maximum absolute atomic E-state index is 3.95. The fraction of sp³-hybridized carbons (Fsp3) is 0.385. The highest BCUT2D eigenvalue weighted by Crippen LogP contribution is 2.24. The van der Waals surface area contributed by atoms with Gasteiger partial charge in [-0.3, -0.25) is 0 Å². The van der Waals surface area contributed by atoms with E-state index in [0.29, 0.717) is 0 Å². The number of aromatic nitrogens is 2. The van der Waals surface area contributed by atoms with Crippen molar-refractivity contribution in [1.82, 2.24) is 14.9 Å². The first-order valence-electron chi connectivity index (χ1n) is 5.88. The van der Waals surface area contributed by atoms with Gasteiger partial charge in [0.15, 0.2) is 0 Å². The van der Waals surface area contributed by atoms with Crippen molar-refractivity contribution in [3.63, 3.8) is 0 Å². The summed E-state index contributed by atoms with van der Waals surface area (Å²) < 4.78 is 3.95. The van der Waals surface area contributed by atoms with Crippen molar-refractivity contribution in [2.75, 3.05) is 6.54 Å². The van der Waals surface area contributed by atoms with Crippen LogP contribution in [0.4, 0.5) is 0 Å². The van der Waals surface area contributed by atoms with E-state index in [4.69, 9.17) is 0 Å². The highest BCUT2D eigenvalue weighted by Gasteiger charge is 2.15. The first-order valence-corrected chi connectivity index (χ1v) is 6.66. The van der Waals surface area contributed by atoms with Crippen LogP contribution in [0.5, 0.6) is 0 Å². The summed E-state index contributed by atoms with van der Waals surface area (Å²) in [5, 5.41) is 7.46. The summed E-state index contributed by atoms with van der Waals surface area (Å²) in [6.45, 7) is 5.27. The molecule has 1 atom stereocenters. The molecule has 0 aliphatic carbocycles. The summed E-state index contributed by atoms with van der Waals surface area (Å²) in [6.07, 6.45) is 2.96. The number of hydrogen-bond acceptors (Lipinski definition) is 4. The van der Waals surface area contributed by atoms with Crippen LogP contribution in [0.25, 0.3) is 0 Å². The fourth-order valence-corrected chi connectivity index (χ4v) is 2.34. The molecule has 17 heavy (non-hydrogen) atoms. The second kappa shape index (κ2) is 5.89. The zero-order valence-corrected chi connectivity index (χ0v) is 11.0. The molecule has 0 radical (unpaired) electrons.